The summed E-state index contributed by atoms with van der Waals surface area (Å²) in [5.74, 6) is -0.446. The van der Waals surface area contributed by atoms with E-state index in [2.05, 4.69) is 5.10 Å². The van der Waals surface area contributed by atoms with Gasteiger partial charge in [-0.05, 0) is 33.6 Å². The largest absolute Gasteiger partial charge is 0.481 e. The molecule has 21 heavy (non-hydrogen) atoms. The summed E-state index contributed by atoms with van der Waals surface area (Å²) in [5.41, 5.74) is 0.352. The quantitative estimate of drug-likeness (QED) is 0.659. The Labute approximate surface area is 122 Å². The SMILES string of the molecule is Cc1nn(C(C)C)c(N2CCCC2CC(=O)O)c1[N+](=O)[O-]. The highest BCUT2D eigenvalue weighted by Gasteiger charge is 2.37. The molecule has 1 aliphatic rings. The second kappa shape index (κ2) is 5.71. The first kappa shape index (κ1) is 15.3. The zero-order chi connectivity index (χ0) is 15.7. The summed E-state index contributed by atoms with van der Waals surface area (Å²) in [7, 11) is 0. The molecule has 1 unspecified atom stereocenters. The molecule has 1 aromatic heterocycles. The van der Waals surface area contributed by atoms with Crippen molar-refractivity contribution in [1.29, 1.82) is 0 Å². The van der Waals surface area contributed by atoms with Crippen LogP contribution in [0.5, 0.6) is 0 Å². The molecule has 8 nitrogen and oxygen atoms in total. The number of hydrogen-bond acceptors (Lipinski definition) is 5. The standard InChI is InChI=1S/C13H20N4O4/c1-8(2)16-13(12(17(20)21)9(3)14-16)15-6-4-5-10(15)7-11(18)19/h8,10H,4-7H2,1-3H3,(H,18,19). The van der Waals surface area contributed by atoms with Crippen LogP contribution in [0.4, 0.5) is 11.5 Å². The molecule has 116 valence electrons. The smallest absolute Gasteiger partial charge is 0.333 e. The van der Waals surface area contributed by atoms with E-state index >= 15 is 0 Å². The Hall–Kier alpha value is -2.12. The van der Waals surface area contributed by atoms with Gasteiger partial charge in [-0.15, -0.1) is 0 Å². The number of aliphatic carboxylic acids is 1. The Morgan fingerprint density at radius 3 is 2.76 bits per heavy atom. The van der Waals surface area contributed by atoms with Crippen LogP contribution in [-0.4, -0.2) is 38.4 Å². The van der Waals surface area contributed by atoms with E-state index in [0.717, 1.165) is 12.8 Å². The Bertz CT molecular complexity index is 567. The fraction of sp³-hybridized carbons (Fsp3) is 0.692. The Kier molecular flexibility index (Phi) is 4.15. The zero-order valence-electron chi connectivity index (χ0n) is 12.4. The van der Waals surface area contributed by atoms with Gasteiger partial charge in [0.05, 0.1) is 11.3 Å². The summed E-state index contributed by atoms with van der Waals surface area (Å²) in [5, 5.41) is 24.7. The van der Waals surface area contributed by atoms with Gasteiger partial charge in [0.1, 0.15) is 5.69 Å². The number of rotatable bonds is 5. The number of carboxylic acids is 1. The molecule has 0 aromatic carbocycles. The number of aryl methyl sites for hydroxylation is 1. The summed E-state index contributed by atoms with van der Waals surface area (Å²) >= 11 is 0. The lowest BCUT2D eigenvalue weighted by Crippen LogP contribution is -2.33. The van der Waals surface area contributed by atoms with Crippen molar-refractivity contribution in [3.8, 4) is 0 Å². The van der Waals surface area contributed by atoms with E-state index in [1.807, 2.05) is 18.7 Å². The second-order valence-corrected chi connectivity index (χ2v) is 5.64. The number of aromatic nitrogens is 2. The van der Waals surface area contributed by atoms with Crippen LogP contribution < -0.4 is 4.90 Å². The first-order valence-corrected chi connectivity index (χ1v) is 7.04. The third kappa shape index (κ3) is 2.84. The minimum atomic E-state index is -0.887. The van der Waals surface area contributed by atoms with Gasteiger partial charge in [-0.2, -0.15) is 5.10 Å². The van der Waals surface area contributed by atoms with Gasteiger partial charge < -0.3 is 10.0 Å². The van der Waals surface area contributed by atoms with Crippen LogP contribution in [0.2, 0.25) is 0 Å². The molecule has 0 aliphatic carbocycles. The summed E-state index contributed by atoms with van der Waals surface area (Å²) in [6.07, 6.45) is 1.54. The predicted octanol–water partition coefficient (Wildman–Crippen LogP) is 2.12. The van der Waals surface area contributed by atoms with Crippen molar-refractivity contribution in [1.82, 2.24) is 9.78 Å². The average molecular weight is 296 g/mol. The molecule has 1 saturated heterocycles. The Morgan fingerprint density at radius 1 is 1.57 bits per heavy atom. The third-order valence-corrected chi connectivity index (χ3v) is 3.76. The molecule has 2 rings (SSSR count). The van der Waals surface area contributed by atoms with Crippen molar-refractivity contribution < 1.29 is 14.8 Å². The minimum Gasteiger partial charge on any atom is -0.481 e. The summed E-state index contributed by atoms with van der Waals surface area (Å²) in [6, 6.07) is -0.242. The molecule has 1 atom stereocenters. The van der Waals surface area contributed by atoms with Gasteiger partial charge in [0.2, 0.25) is 5.82 Å². The first-order valence-electron chi connectivity index (χ1n) is 7.04. The molecule has 0 bridgehead atoms. The first-order chi connectivity index (χ1) is 9.82. The summed E-state index contributed by atoms with van der Waals surface area (Å²) in [6.45, 7) is 6.04. The van der Waals surface area contributed by atoms with Crippen LogP contribution in [0.25, 0.3) is 0 Å². The van der Waals surface area contributed by atoms with E-state index < -0.39 is 10.9 Å². The molecule has 0 spiro atoms. The van der Waals surface area contributed by atoms with Crippen molar-refractivity contribution in [2.45, 2.75) is 52.1 Å². The van der Waals surface area contributed by atoms with Gasteiger partial charge in [-0.25, -0.2) is 4.68 Å². The molecule has 1 aromatic rings. The predicted molar refractivity (Wildman–Crippen MR) is 76.6 cm³/mol. The van der Waals surface area contributed by atoms with Crippen LogP contribution in [-0.2, 0) is 4.79 Å². The molecule has 0 saturated carbocycles. The van der Waals surface area contributed by atoms with E-state index in [1.54, 1.807) is 11.6 Å². The van der Waals surface area contributed by atoms with Crippen LogP contribution in [0.15, 0.2) is 0 Å². The van der Waals surface area contributed by atoms with Gasteiger partial charge in [-0.1, -0.05) is 0 Å². The van der Waals surface area contributed by atoms with E-state index in [9.17, 15) is 14.9 Å². The highest BCUT2D eigenvalue weighted by atomic mass is 16.6. The van der Waals surface area contributed by atoms with E-state index in [1.165, 1.54) is 0 Å². The van der Waals surface area contributed by atoms with Crippen molar-refractivity contribution >= 4 is 17.5 Å². The maximum absolute atomic E-state index is 11.4. The van der Waals surface area contributed by atoms with Crippen molar-refractivity contribution in [2.24, 2.45) is 0 Å². The number of nitrogens with zero attached hydrogens (tertiary/aromatic N) is 4. The van der Waals surface area contributed by atoms with Crippen molar-refractivity contribution in [2.75, 3.05) is 11.4 Å². The molecule has 1 aliphatic heterocycles. The normalized spacial score (nSPS) is 18.5. The molecular formula is C13H20N4O4. The Balaban J connectivity index is 2.50. The van der Waals surface area contributed by atoms with Gasteiger partial charge in [0.15, 0.2) is 0 Å². The minimum absolute atomic E-state index is 0.0130. The molecular weight excluding hydrogens is 276 g/mol. The molecule has 8 heteroatoms. The monoisotopic (exact) mass is 296 g/mol. The van der Waals surface area contributed by atoms with Gasteiger partial charge >= 0.3 is 11.7 Å². The molecule has 1 fully saturated rings. The van der Waals surface area contributed by atoms with E-state index in [0.29, 0.717) is 18.1 Å². The number of carbonyl (C=O) groups is 1. The highest BCUT2D eigenvalue weighted by Crippen LogP contribution is 2.38. The molecule has 2 heterocycles. The molecule has 0 radical (unpaired) electrons. The Morgan fingerprint density at radius 2 is 2.24 bits per heavy atom. The summed E-state index contributed by atoms with van der Waals surface area (Å²) < 4.78 is 1.63. The third-order valence-electron chi connectivity index (χ3n) is 3.76. The molecule has 0 amide bonds. The van der Waals surface area contributed by atoms with Gasteiger partial charge in [-0.3, -0.25) is 14.9 Å². The lowest BCUT2D eigenvalue weighted by molar-refractivity contribution is -0.384. The average Bonchev–Trinajstić information content (AvgIpc) is 2.91. The van der Waals surface area contributed by atoms with Crippen LogP contribution in [0.3, 0.4) is 0 Å². The summed E-state index contributed by atoms with van der Waals surface area (Å²) in [4.78, 5) is 23.8. The fourth-order valence-corrected chi connectivity index (χ4v) is 2.90. The van der Waals surface area contributed by atoms with E-state index in [-0.39, 0.29) is 24.2 Å². The number of nitro groups is 1. The maximum Gasteiger partial charge on any atom is 0.333 e. The van der Waals surface area contributed by atoms with Crippen molar-refractivity contribution in [3.05, 3.63) is 15.8 Å². The van der Waals surface area contributed by atoms with E-state index in [4.69, 9.17) is 5.11 Å². The molecule has 1 N–H and O–H groups in total. The number of carboxylic acid groups (broad SMARTS) is 1. The number of hydrogen-bond donors (Lipinski definition) is 1. The van der Waals surface area contributed by atoms with Gasteiger partial charge in [0.25, 0.3) is 0 Å². The lowest BCUT2D eigenvalue weighted by Gasteiger charge is -2.26. The maximum atomic E-state index is 11.4. The highest BCUT2D eigenvalue weighted by molar-refractivity contribution is 5.70. The van der Waals surface area contributed by atoms with Crippen LogP contribution >= 0.6 is 0 Å². The fourth-order valence-electron chi connectivity index (χ4n) is 2.90. The lowest BCUT2D eigenvalue weighted by atomic mass is 10.1. The zero-order valence-corrected chi connectivity index (χ0v) is 12.4. The topological polar surface area (TPSA) is 102 Å². The van der Waals surface area contributed by atoms with Crippen LogP contribution in [0.1, 0.15) is 44.8 Å². The second-order valence-electron chi connectivity index (χ2n) is 5.64. The van der Waals surface area contributed by atoms with Crippen LogP contribution in [0, 0.1) is 17.0 Å². The van der Waals surface area contributed by atoms with Gasteiger partial charge in [0, 0.05) is 18.6 Å². The van der Waals surface area contributed by atoms with Crippen molar-refractivity contribution in [3.63, 3.8) is 0 Å². The number of anilines is 1.